The minimum atomic E-state index is -4.75. The largest absolute Gasteiger partial charge is 0.573 e. The van der Waals surface area contributed by atoms with Crippen LogP contribution in [0.5, 0.6) is 5.75 Å². The number of alkyl halides is 3. The Morgan fingerprint density at radius 3 is 2.39 bits per heavy atom. The average Bonchev–Trinajstić information content (AvgIpc) is 2.27. The number of halogens is 3. The SMILES string of the molecule is O=C(Nc1ccc(OC(F)(F)F)cc1)OCCO. The summed E-state index contributed by atoms with van der Waals surface area (Å²) in [5, 5.41) is 10.7. The summed E-state index contributed by atoms with van der Waals surface area (Å²) in [6.07, 6.45) is -5.57. The molecule has 8 heteroatoms. The third-order valence-corrected chi connectivity index (χ3v) is 1.66. The van der Waals surface area contributed by atoms with Crippen LogP contribution >= 0.6 is 0 Å². The van der Waals surface area contributed by atoms with E-state index in [1.54, 1.807) is 0 Å². The molecule has 0 heterocycles. The van der Waals surface area contributed by atoms with Gasteiger partial charge in [0.1, 0.15) is 12.4 Å². The second-order valence-corrected chi connectivity index (χ2v) is 3.06. The van der Waals surface area contributed by atoms with E-state index >= 15 is 0 Å². The molecule has 0 bridgehead atoms. The molecular formula is C10H10F3NO4. The molecule has 0 spiro atoms. The van der Waals surface area contributed by atoms with E-state index in [4.69, 9.17) is 5.11 Å². The summed E-state index contributed by atoms with van der Waals surface area (Å²) in [5.74, 6) is -0.392. The molecule has 0 aliphatic rings. The summed E-state index contributed by atoms with van der Waals surface area (Å²) in [4.78, 5) is 11.0. The fourth-order valence-electron chi connectivity index (χ4n) is 1.03. The fraction of sp³-hybridized carbons (Fsp3) is 0.300. The molecule has 0 saturated carbocycles. The lowest BCUT2D eigenvalue weighted by atomic mass is 10.3. The lowest BCUT2D eigenvalue weighted by Gasteiger charge is -2.09. The van der Waals surface area contributed by atoms with Gasteiger partial charge in [-0.05, 0) is 24.3 Å². The number of hydrogen-bond acceptors (Lipinski definition) is 4. The number of carbonyl (C=O) groups excluding carboxylic acids is 1. The van der Waals surface area contributed by atoms with Crippen molar-refractivity contribution in [1.29, 1.82) is 0 Å². The number of benzene rings is 1. The molecule has 2 N–H and O–H groups in total. The molecule has 1 aromatic carbocycles. The molecule has 0 aliphatic heterocycles. The smallest absolute Gasteiger partial charge is 0.447 e. The van der Waals surface area contributed by atoms with Crippen LogP contribution in [0.1, 0.15) is 0 Å². The lowest BCUT2D eigenvalue weighted by molar-refractivity contribution is -0.274. The Bertz CT molecular complexity index is 391. The number of rotatable bonds is 4. The van der Waals surface area contributed by atoms with E-state index in [1.807, 2.05) is 0 Å². The average molecular weight is 265 g/mol. The molecule has 0 unspecified atom stereocenters. The molecular weight excluding hydrogens is 255 g/mol. The summed E-state index contributed by atoms with van der Waals surface area (Å²) in [6.45, 7) is -0.479. The monoisotopic (exact) mass is 265 g/mol. The molecule has 0 atom stereocenters. The normalized spacial score (nSPS) is 10.9. The standard InChI is InChI=1S/C10H10F3NO4/c11-10(12,13)18-8-3-1-7(2-4-8)14-9(16)17-6-5-15/h1-4,15H,5-6H2,(H,14,16). The second-order valence-electron chi connectivity index (χ2n) is 3.06. The third-order valence-electron chi connectivity index (χ3n) is 1.66. The Labute approximate surface area is 100 Å². The van der Waals surface area contributed by atoms with Gasteiger partial charge in [0.25, 0.3) is 0 Å². The van der Waals surface area contributed by atoms with Crippen molar-refractivity contribution in [2.45, 2.75) is 6.36 Å². The van der Waals surface area contributed by atoms with Gasteiger partial charge < -0.3 is 14.6 Å². The van der Waals surface area contributed by atoms with E-state index in [0.717, 1.165) is 12.1 Å². The van der Waals surface area contributed by atoms with Gasteiger partial charge in [0.2, 0.25) is 0 Å². The zero-order valence-corrected chi connectivity index (χ0v) is 9.03. The molecule has 1 rings (SSSR count). The van der Waals surface area contributed by atoms with Crippen molar-refractivity contribution in [2.75, 3.05) is 18.5 Å². The van der Waals surface area contributed by atoms with Crippen molar-refractivity contribution in [3.8, 4) is 5.75 Å². The molecule has 18 heavy (non-hydrogen) atoms. The Hall–Kier alpha value is -1.96. The Morgan fingerprint density at radius 1 is 1.28 bits per heavy atom. The second kappa shape index (κ2) is 6.10. The van der Waals surface area contributed by atoms with Crippen molar-refractivity contribution in [2.24, 2.45) is 0 Å². The van der Waals surface area contributed by atoms with Crippen molar-refractivity contribution in [3.05, 3.63) is 24.3 Å². The quantitative estimate of drug-likeness (QED) is 0.875. The molecule has 100 valence electrons. The van der Waals surface area contributed by atoms with Gasteiger partial charge in [-0.1, -0.05) is 0 Å². The van der Waals surface area contributed by atoms with Crippen LogP contribution in [0.3, 0.4) is 0 Å². The van der Waals surface area contributed by atoms with Crippen LogP contribution in [0.15, 0.2) is 24.3 Å². The van der Waals surface area contributed by atoms with Crippen LogP contribution in [-0.2, 0) is 4.74 Å². The number of aliphatic hydroxyl groups excluding tert-OH is 1. The minimum Gasteiger partial charge on any atom is -0.447 e. The summed E-state index contributed by atoms with van der Waals surface area (Å²) in [5.41, 5.74) is 0.243. The minimum absolute atomic E-state index is 0.166. The van der Waals surface area contributed by atoms with E-state index in [2.05, 4.69) is 14.8 Å². The topological polar surface area (TPSA) is 67.8 Å². The summed E-state index contributed by atoms with van der Waals surface area (Å²) >= 11 is 0. The highest BCUT2D eigenvalue weighted by Gasteiger charge is 2.30. The maximum absolute atomic E-state index is 11.9. The highest BCUT2D eigenvalue weighted by atomic mass is 19.4. The van der Waals surface area contributed by atoms with E-state index < -0.39 is 18.2 Å². The Morgan fingerprint density at radius 2 is 1.89 bits per heavy atom. The lowest BCUT2D eigenvalue weighted by Crippen LogP contribution is -2.17. The van der Waals surface area contributed by atoms with Crippen LogP contribution in [0.2, 0.25) is 0 Å². The van der Waals surface area contributed by atoms with Crippen LogP contribution in [-0.4, -0.2) is 30.8 Å². The molecule has 0 aromatic heterocycles. The van der Waals surface area contributed by atoms with Gasteiger partial charge in [0, 0.05) is 5.69 Å². The molecule has 0 radical (unpaired) electrons. The van der Waals surface area contributed by atoms with Crippen LogP contribution in [0.25, 0.3) is 0 Å². The summed E-state index contributed by atoms with van der Waals surface area (Å²) < 4.78 is 43.7. The maximum atomic E-state index is 11.9. The first-order valence-electron chi connectivity index (χ1n) is 4.81. The van der Waals surface area contributed by atoms with E-state index in [1.165, 1.54) is 12.1 Å². The van der Waals surface area contributed by atoms with Gasteiger partial charge in [0.15, 0.2) is 0 Å². The zero-order valence-electron chi connectivity index (χ0n) is 9.03. The summed E-state index contributed by atoms with van der Waals surface area (Å²) in [6, 6.07) is 4.55. The highest BCUT2D eigenvalue weighted by molar-refractivity contribution is 5.84. The molecule has 0 fully saturated rings. The Kier molecular flexibility index (Phi) is 4.78. The van der Waals surface area contributed by atoms with Crippen LogP contribution in [0.4, 0.5) is 23.7 Å². The number of carbonyl (C=O) groups is 1. The van der Waals surface area contributed by atoms with Crippen molar-refractivity contribution in [1.82, 2.24) is 0 Å². The van der Waals surface area contributed by atoms with Gasteiger partial charge in [-0.15, -0.1) is 13.2 Å². The maximum Gasteiger partial charge on any atom is 0.573 e. The van der Waals surface area contributed by atoms with Crippen molar-refractivity contribution < 1.29 is 32.5 Å². The van der Waals surface area contributed by atoms with Gasteiger partial charge in [-0.3, -0.25) is 5.32 Å². The number of aliphatic hydroxyl groups is 1. The number of nitrogens with one attached hydrogen (secondary N) is 1. The number of hydrogen-bond donors (Lipinski definition) is 2. The first-order chi connectivity index (χ1) is 8.40. The molecule has 1 aromatic rings. The van der Waals surface area contributed by atoms with Gasteiger partial charge >= 0.3 is 12.5 Å². The number of ether oxygens (including phenoxy) is 2. The van der Waals surface area contributed by atoms with Gasteiger partial charge in [0.05, 0.1) is 6.61 Å². The van der Waals surface area contributed by atoms with Gasteiger partial charge in [-0.25, -0.2) is 4.79 Å². The van der Waals surface area contributed by atoms with Gasteiger partial charge in [-0.2, -0.15) is 0 Å². The van der Waals surface area contributed by atoms with Crippen molar-refractivity contribution >= 4 is 11.8 Å². The molecule has 1 amide bonds. The predicted molar refractivity (Wildman–Crippen MR) is 55.2 cm³/mol. The first-order valence-corrected chi connectivity index (χ1v) is 4.81. The molecule has 0 aliphatic carbocycles. The first kappa shape index (κ1) is 14.1. The predicted octanol–water partition coefficient (Wildman–Crippen LogP) is 2.13. The molecule has 0 saturated heterocycles. The number of amides is 1. The van der Waals surface area contributed by atoms with Crippen LogP contribution < -0.4 is 10.1 Å². The van der Waals surface area contributed by atoms with E-state index in [0.29, 0.717) is 0 Å². The third kappa shape index (κ3) is 5.39. The van der Waals surface area contributed by atoms with Crippen LogP contribution in [0, 0.1) is 0 Å². The van der Waals surface area contributed by atoms with E-state index in [-0.39, 0.29) is 18.9 Å². The molecule has 5 nitrogen and oxygen atoms in total. The highest BCUT2D eigenvalue weighted by Crippen LogP contribution is 2.23. The fourth-order valence-corrected chi connectivity index (χ4v) is 1.03. The Balaban J connectivity index is 2.52. The van der Waals surface area contributed by atoms with Crippen molar-refractivity contribution in [3.63, 3.8) is 0 Å². The zero-order chi connectivity index (χ0) is 13.6. The van der Waals surface area contributed by atoms with E-state index in [9.17, 15) is 18.0 Å². The summed E-state index contributed by atoms with van der Waals surface area (Å²) in [7, 11) is 0. The number of anilines is 1.